The van der Waals surface area contributed by atoms with E-state index < -0.39 is 38.1 Å². The molecule has 0 aliphatic carbocycles. The van der Waals surface area contributed by atoms with Gasteiger partial charge in [0.15, 0.2) is 9.84 Å². The lowest BCUT2D eigenvalue weighted by molar-refractivity contribution is -0.123. The van der Waals surface area contributed by atoms with E-state index >= 15 is 0 Å². The molecule has 5 rings (SSSR count). The maximum absolute atomic E-state index is 14.0. The highest BCUT2D eigenvalue weighted by molar-refractivity contribution is 7.94. The minimum Gasteiger partial charge on any atom is -0.304 e. The molecule has 0 radical (unpaired) electrons. The number of para-hydroxylation sites is 1. The molecule has 3 aromatic carbocycles. The van der Waals surface area contributed by atoms with Gasteiger partial charge in [-0.05, 0) is 48.4 Å². The van der Waals surface area contributed by atoms with Gasteiger partial charge in [-0.1, -0.05) is 42.5 Å². The summed E-state index contributed by atoms with van der Waals surface area (Å²) >= 11 is 0. The van der Waals surface area contributed by atoms with Crippen molar-refractivity contribution in [2.75, 3.05) is 15.6 Å². The van der Waals surface area contributed by atoms with Crippen LogP contribution in [0.15, 0.2) is 72.8 Å². The van der Waals surface area contributed by atoms with E-state index in [2.05, 4.69) is 0 Å². The topological polar surface area (TPSA) is 74.8 Å². The third kappa shape index (κ3) is 2.72. The molecule has 0 saturated carbocycles. The molecule has 0 bridgehead atoms. The van der Waals surface area contributed by atoms with Crippen LogP contribution in [0.25, 0.3) is 0 Å². The van der Waals surface area contributed by atoms with Gasteiger partial charge in [-0.15, -0.1) is 0 Å². The number of aryl methyl sites for hydroxylation is 1. The molecule has 0 aromatic heterocycles. The molecule has 162 valence electrons. The second kappa shape index (κ2) is 7.00. The fraction of sp³-hybridized carbons (Fsp3) is 0.167. The standard InChI is InChI=1S/C24H19FN2O4S/c1-16-5-4-6-19(13-16)27-22(28)15-32(30,31)24(27)20-7-2-3-8-21(20)26(23(24)29)14-17-9-11-18(25)12-10-17/h2-13H,14-15H2,1H3. The Balaban J connectivity index is 1.73. The summed E-state index contributed by atoms with van der Waals surface area (Å²) in [7, 11) is -4.22. The number of halogens is 1. The van der Waals surface area contributed by atoms with Crippen molar-refractivity contribution < 1.29 is 22.4 Å². The second-order valence-corrected chi connectivity index (χ2v) is 10.1. The summed E-state index contributed by atoms with van der Waals surface area (Å²) in [5.41, 5.74) is 2.48. The fourth-order valence-electron chi connectivity index (χ4n) is 4.59. The van der Waals surface area contributed by atoms with Crippen molar-refractivity contribution in [1.82, 2.24) is 0 Å². The van der Waals surface area contributed by atoms with Gasteiger partial charge in [-0.25, -0.2) is 12.8 Å². The normalized spacial score (nSPS) is 21.4. The Bertz CT molecular complexity index is 1370. The van der Waals surface area contributed by atoms with Crippen LogP contribution in [0.3, 0.4) is 0 Å². The number of anilines is 2. The first-order valence-electron chi connectivity index (χ1n) is 10.0. The zero-order valence-electron chi connectivity index (χ0n) is 17.2. The number of amides is 2. The van der Waals surface area contributed by atoms with Crippen LogP contribution in [0.2, 0.25) is 0 Å². The Kier molecular flexibility index (Phi) is 4.46. The summed E-state index contributed by atoms with van der Waals surface area (Å²) in [5.74, 6) is -2.53. The highest BCUT2D eigenvalue weighted by atomic mass is 32.2. The zero-order valence-corrected chi connectivity index (χ0v) is 18.0. The minimum atomic E-state index is -4.22. The summed E-state index contributed by atoms with van der Waals surface area (Å²) in [5, 5.41) is 0. The molecule has 1 spiro atoms. The third-order valence-electron chi connectivity index (χ3n) is 5.94. The van der Waals surface area contributed by atoms with E-state index in [0.29, 0.717) is 16.9 Å². The first-order chi connectivity index (χ1) is 15.3. The first-order valence-corrected chi connectivity index (χ1v) is 11.7. The van der Waals surface area contributed by atoms with Crippen molar-refractivity contribution >= 4 is 33.0 Å². The second-order valence-electron chi connectivity index (χ2n) is 8.01. The predicted octanol–water partition coefficient (Wildman–Crippen LogP) is 3.30. The van der Waals surface area contributed by atoms with Crippen LogP contribution in [0.4, 0.5) is 15.8 Å². The van der Waals surface area contributed by atoms with Gasteiger partial charge < -0.3 is 4.90 Å². The summed E-state index contributed by atoms with van der Waals surface area (Å²) < 4.78 is 40.4. The molecule has 1 atom stereocenters. The Labute approximate surface area is 184 Å². The Morgan fingerprint density at radius 2 is 1.69 bits per heavy atom. The fourth-order valence-corrected chi connectivity index (χ4v) is 6.62. The van der Waals surface area contributed by atoms with E-state index in [0.717, 1.165) is 10.5 Å². The van der Waals surface area contributed by atoms with E-state index in [1.807, 2.05) is 13.0 Å². The Hall–Kier alpha value is -3.52. The molecule has 3 aromatic rings. The van der Waals surface area contributed by atoms with Gasteiger partial charge in [0.25, 0.3) is 10.8 Å². The van der Waals surface area contributed by atoms with Crippen molar-refractivity contribution in [1.29, 1.82) is 0 Å². The van der Waals surface area contributed by atoms with E-state index in [1.54, 1.807) is 54.6 Å². The number of carbonyl (C=O) groups is 2. The molecule has 2 aliphatic rings. The number of nitrogens with zero attached hydrogens (tertiary/aromatic N) is 2. The maximum Gasteiger partial charge on any atom is 0.274 e. The monoisotopic (exact) mass is 450 g/mol. The molecule has 1 unspecified atom stereocenters. The highest BCUT2D eigenvalue weighted by Gasteiger charge is 2.69. The summed E-state index contributed by atoms with van der Waals surface area (Å²) in [6.07, 6.45) is 0. The molecule has 8 heteroatoms. The van der Waals surface area contributed by atoms with Crippen molar-refractivity contribution in [3.05, 3.63) is 95.3 Å². The Morgan fingerprint density at radius 1 is 0.969 bits per heavy atom. The zero-order chi connectivity index (χ0) is 22.7. The predicted molar refractivity (Wildman–Crippen MR) is 118 cm³/mol. The molecule has 2 heterocycles. The molecule has 2 aliphatic heterocycles. The van der Waals surface area contributed by atoms with E-state index in [4.69, 9.17) is 0 Å². The van der Waals surface area contributed by atoms with E-state index in [-0.39, 0.29) is 12.1 Å². The van der Waals surface area contributed by atoms with E-state index in [9.17, 15) is 22.4 Å². The van der Waals surface area contributed by atoms with Gasteiger partial charge in [-0.3, -0.25) is 14.5 Å². The van der Waals surface area contributed by atoms with Crippen LogP contribution in [0.5, 0.6) is 0 Å². The molecule has 0 N–H and O–H groups in total. The molecule has 1 saturated heterocycles. The SMILES string of the molecule is Cc1cccc(N2C(=O)CS(=O)(=O)C23C(=O)N(Cc2ccc(F)cc2)c2ccccc23)c1. The van der Waals surface area contributed by atoms with Gasteiger partial charge in [0, 0.05) is 11.3 Å². The molecule has 32 heavy (non-hydrogen) atoms. The lowest BCUT2D eigenvalue weighted by Crippen LogP contribution is -2.54. The van der Waals surface area contributed by atoms with Gasteiger partial charge >= 0.3 is 0 Å². The van der Waals surface area contributed by atoms with Crippen LogP contribution in [-0.4, -0.2) is 26.0 Å². The lowest BCUT2D eigenvalue weighted by Gasteiger charge is -2.32. The van der Waals surface area contributed by atoms with Crippen molar-refractivity contribution in [2.24, 2.45) is 0 Å². The number of rotatable bonds is 3. The smallest absolute Gasteiger partial charge is 0.274 e. The van der Waals surface area contributed by atoms with Gasteiger partial charge in [0.05, 0.1) is 12.2 Å². The number of fused-ring (bicyclic) bond motifs is 2. The van der Waals surface area contributed by atoms with Crippen LogP contribution >= 0.6 is 0 Å². The summed E-state index contributed by atoms with van der Waals surface area (Å²) in [6, 6.07) is 19.1. The lowest BCUT2D eigenvalue weighted by atomic mass is 10.0. The van der Waals surface area contributed by atoms with Crippen molar-refractivity contribution in [2.45, 2.75) is 18.3 Å². The average Bonchev–Trinajstić information content (AvgIpc) is 3.12. The van der Waals surface area contributed by atoms with Crippen LogP contribution in [0.1, 0.15) is 16.7 Å². The quantitative estimate of drug-likeness (QED) is 0.614. The number of hydrogen-bond donors (Lipinski definition) is 0. The molecule has 2 amide bonds. The Morgan fingerprint density at radius 3 is 2.41 bits per heavy atom. The van der Waals surface area contributed by atoms with Gasteiger partial charge in [-0.2, -0.15) is 0 Å². The average molecular weight is 450 g/mol. The van der Waals surface area contributed by atoms with Crippen molar-refractivity contribution in [3.8, 4) is 0 Å². The number of carbonyl (C=O) groups excluding carboxylic acids is 2. The molecule has 1 fully saturated rings. The third-order valence-corrected chi connectivity index (χ3v) is 8.04. The molecular formula is C24H19FN2O4S. The maximum atomic E-state index is 14.0. The molecule has 6 nitrogen and oxygen atoms in total. The van der Waals surface area contributed by atoms with Crippen molar-refractivity contribution in [3.63, 3.8) is 0 Å². The summed E-state index contributed by atoms with van der Waals surface area (Å²) in [6.45, 7) is 1.87. The minimum absolute atomic E-state index is 0.0449. The number of hydrogen-bond acceptors (Lipinski definition) is 4. The summed E-state index contributed by atoms with van der Waals surface area (Å²) in [4.78, 5) is 27.3. The van der Waals surface area contributed by atoms with E-state index in [1.165, 1.54) is 17.0 Å². The highest BCUT2D eigenvalue weighted by Crippen LogP contribution is 2.52. The van der Waals surface area contributed by atoms with Gasteiger partial charge in [0.1, 0.15) is 11.6 Å². The van der Waals surface area contributed by atoms with Gasteiger partial charge in [0.2, 0.25) is 5.91 Å². The number of sulfone groups is 1. The molecular weight excluding hydrogens is 431 g/mol. The largest absolute Gasteiger partial charge is 0.304 e. The van der Waals surface area contributed by atoms with Crippen LogP contribution in [-0.2, 0) is 30.8 Å². The first kappa shape index (κ1) is 20.4. The van der Waals surface area contributed by atoms with Crippen LogP contribution < -0.4 is 9.80 Å². The number of benzene rings is 3. The van der Waals surface area contributed by atoms with Crippen LogP contribution in [0, 0.1) is 12.7 Å².